The molecule has 0 aliphatic carbocycles. The van der Waals surface area contributed by atoms with Gasteiger partial charge in [0.15, 0.2) is 0 Å². The minimum absolute atomic E-state index is 0.107. The zero-order valence-corrected chi connectivity index (χ0v) is 27.1. The van der Waals surface area contributed by atoms with Crippen LogP contribution in [0.5, 0.6) is 0 Å². The molecule has 0 fully saturated rings. The fourth-order valence-corrected chi connectivity index (χ4v) is 6.11. The summed E-state index contributed by atoms with van der Waals surface area (Å²) in [4.78, 5) is 5.70. The second-order valence-electron chi connectivity index (χ2n) is 12.3. The highest BCUT2D eigenvalue weighted by molar-refractivity contribution is 5.85. The first-order valence-electron chi connectivity index (χ1n) is 15.6. The largest absolute Gasteiger partial charge is 0.416 e. The molecule has 0 saturated heterocycles. The zero-order chi connectivity index (χ0) is 36.7. The number of hydrogen-bond donors (Lipinski definition) is 1. The van der Waals surface area contributed by atoms with Gasteiger partial charge in [-0.2, -0.15) is 36.5 Å². The van der Waals surface area contributed by atoms with Crippen LogP contribution >= 0.6 is 0 Å². The highest BCUT2D eigenvalue weighted by Gasteiger charge is 2.41. The Balaban J connectivity index is 1.39. The molecule has 7 nitrogen and oxygen atoms in total. The summed E-state index contributed by atoms with van der Waals surface area (Å²) in [5.74, 6) is -1.79. The van der Waals surface area contributed by atoms with Crippen molar-refractivity contribution < 1.29 is 40.2 Å². The van der Waals surface area contributed by atoms with Gasteiger partial charge in [-0.15, -0.1) is 0 Å². The van der Waals surface area contributed by atoms with Crippen molar-refractivity contribution in [1.29, 1.82) is 0 Å². The summed E-state index contributed by atoms with van der Waals surface area (Å²) >= 11 is 0. The van der Waals surface area contributed by atoms with Crippen LogP contribution in [0.1, 0.15) is 46.5 Å². The van der Waals surface area contributed by atoms with Gasteiger partial charge in [-0.3, -0.25) is 4.68 Å². The Morgan fingerprint density at radius 1 is 0.784 bits per heavy atom. The number of rotatable bonds is 10. The third-order valence-electron chi connectivity index (χ3n) is 8.93. The van der Waals surface area contributed by atoms with Gasteiger partial charge < -0.3 is 10.0 Å². The topological polar surface area (TPSA) is 72.0 Å². The Labute approximate surface area is 286 Å². The Morgan fingerprint density at radius 3 is 1.88 bits per heavy atom. The lowest BCUT2D eigenvalue weighted by molar-refractivity contribution is -0.138. The summed E-state index contributed by atoms with van der Waals surface area (Å²) in [7, 11) is 0. The molecule has 2 aromatic heterocycles. The van der Waals surface area contributed by atoms with E-state index in [0.717, 1.165) is 36.4 Å². The van der Waals surface area contributed by atoms with Crippen LogP contribution in [0.2, 0.25) is 0 Å². The number of aliphatic hydroxyl groups is 1. The molecular formula is C36H30F8N6O. The molecule has 1 N–H and O–H groups in total. The fraction of sp³-hybridized carbons (Fsp3) is 0.250. The van der Waals surface area contributed by atoms with Crippen molar-refractivity contribution in [2.24, 2.45) is 0 Å². The standard InChI is InChI=1S/C36H30F8N6O/c1-22-30-16-29(48(17-24-3-7-26(8-4-24)35(39,40)41)18-25-5-9-27(10-6-25)36(42,43)44)12-14-33(30)47-50(22)23(2)34(51,19-49-21-45-20-46-49)31-13-11-28(37)15-32(31)38/h3-16,20-21,23,51H,17-19H2,1-2H3/t23-,34-/m1/s1. The lowest BCUT2D eigenvalue weighted by Gasteiger charge is -2.35. The van der Waals surface area contributed by atoms with Crippen LogP contribution in [-0.2, 0) is 37.6 Å². The number of benzene rings is 4. The maximum absolute atomic E-state index is 15.2. The van der Waals surface area contributed by atoms with Gasteiger partial charge in [0.25, 0.3) is 0 Å². The highest BCUT2D eigenvalue weighted by Crippen LogP contribution is 2.39. The second kappa shape index (κ2) is 13.4. The third kappa shape index (κ3) is 7.43. The van der Waals surface area contributed by atoms with Crippen molar-refractivity contribution >= 4 is 16.6 Å². The second-order valence-corrected chi connectivity index (χ2v) is 12.3. The van der Waals surface area contributed by atoms with Crippen LogP contribution in [0, 0.1) is 18.6 Å². The summed E-state index contributed by atoms with van der Waals surface area (Å²) in [6.07, 6.45) is -6.45. The molecule has 0 radical (unpaired) electrons. The molecule has 0 amide bonds. The van der Waals surface area contributed by atoms with Crippen molar-refractivity contribution in [2.75, 3.05) is 4.90 Å². The normalized spacial score (nSPS) is 14.1. The predicted octanol–water partition coefficient (Wildman–Crippen LogP) is 8.61. The molecule has 6 rings (SSSR count). The molecule has 0 aliphatic rings. The third-order valence-corrected chi connectivity index (χ3v) is 8.93. The SMILES string of the molecule is Cc1c2cc(N(Cc3ccc(C(F)(F)F)cc3)Cc3ccc(C(F)(F)F)cc3)ccc2nn1[C@H](C)[C@](O)(Cn1cncn1)c1ccc(F)cc1F. The van der Waals surface area contributed by atoms with E-state index in [-0.39, 0.29) is 25.2 Å². The quantitative estimate of drug-likeness (QED) is 0.144. The molecule has 2 heterocycles. The van der Waals surface area contributed by atoms with Crippen LogP contribution in [0.4, 0.5) is 40.8 Å². The van der Waals surface area contributed by atoms with Crippen molar-refractivity contribution in [2.45, 2.75) is 57.5 Å². The van der Waals surface area contributed by atoms with Gasteiger partial charge in [0.1, 0.15) is 29.9 Å². The van der Waals surface area contributed by atoms with E-state index in [4.69, 9.17) is 5.10 Å². The molecule has 2 atom stereocenters. The summed E-state index contributed by atoms with van der Waals surface area (Å²) in [5.41, 5.74) is -1.14. The Hall–Kier alpha value is -5.31. The van der Waals surface area contributed by atoms with Gasteiger partial charge >= 0.3 is 12.4 Å². The summed E-state index contributed by atoms with van der Waals surface area (Å²) in [6.45, 7) is 3.32. The Morgan fingerprint density at radius 2 is 1.37 bits per heavy atom. The molecule has 4 aromatic carbocycles. The first kappa shape index (κ1) is 35.5. The maximum atomic E-state index is 15.2. The van der Waals surface area contributed by atoms with Crippen LogP contribution in [0.15, 0.2) is 97.6 Å². The maximum Gasteiger partial charge on any atom is 0.416 e. The molecule has 15 heteroatoms. The molecule has 0 bridgehead atoms. The van der Waals surface area contributed by atoms with E-state index < -0.39 is 46.8 Å². The minimum atomic E-state index is -4.53. The minimum Gasteiger partial charge on any atom is -0.381 e. The summed E-state index contributed by atoms with van der Waals surface area (Å²) in [5, 5.41) is 21.5. The van der Waals surface area contributed by atoms with E-state index in [9.17, 15) is 35.8 Å². The lowest BCUT2D eigenvalue weighted by atomic mass is 9.86. The number of aromatic nitrogens is 5. The summed E-state index contributed by atoms with van der Waals surface area (Å²) < 4.78 is 111. The van der Waals surface area contributed by atoms with Gasteiger partial charge in [0.05, 0.1) is 29.2 Å². The van der Waals surface area contributed by atoms with Crippen LogP contribution in [0.3, 0.4) is 0 Å². The first-order chi connectivity index (χ1) is 24.0. The smallest absolute Gasteiger partial charge is 0.381 e. The Bertz CT molecular complexity index is 2070. The number of alkyl halides is 6. The van der Waals surface area contributed by atoms with Crippen LogP contribution in [0.25, 0.3) is 10.9 Å². The van der Waals surface area contributed by atoms with Crippen molar-refractivity contribution in [1.82, 2.24) is 24.5 Å². The zero-order valence-electron chi connectivity index (χ0n) is 27.1. The van der Waals surface area contributed by atoms with Gasteiger partial charge in [0, 0.05) is 41.5 Å². The number of aryl methyl sites for hydroxylation is 1. The van der Waals surface area contributed by atoms with Crippen LogP contribution in [-0.4, -0.2) is 29.7 Å². The van der Waals surface area contributed by atoms with E-state index in [1.165, 1.54) is 46.3 Å². The number of anilines is 1. The van der Waals surface area contributed by atoms with E-state index >= 15 is 4.39 Å². The fourth-order valence-electron chi connectivity index (χ4n) is 6.11. The summed E-state index contributed by atoms with van der Waals surface area (Å²) in [6, 6.07) is 16.4. The van der Waals surface area contributed by atoms with E-state index in [1.54, 1.807) is 36.9 Å². The number of halogens is 8. The van der Waals surface area contributed by atoms with Crippen LogP contribution < -0.4 is 4.90 Å². The molecule has 6 aromatic rings. The number of hydrogen-bond acceptors (Lipinski definition) is 5. The van der Waals surface area contributed by atoms with Crippen molar-refractivity contribution in [3.8, 4) is 0 Å². The molecule has 51 heavy (non-hydrogen) atoms. The lowest BCUT2D eigenvalue weighted by Crippen LogP contribution is -2.41. The average Bonchev–Trinajstić information content (AvgIpc) is 3.70. The van der Waals surface area contributed by atoms with Crippen molar-refractivity contribution in [3.63, 3.8) is 0 Å². The molecule has 0 spiro atoms. The number of fused-ring (bicyclic) bond motifs is 1. The molecule has 266 valence electrons. The molecule has 0 saturated carbocycles. The van der Waals surface area contributed by atoms with Gasteiger partial charge in [0.2, 0.25) is 0 Å². The van der Waals surface area contributed by atoms with Crippen molar-refractivity contribution in [3.05, 3.63) is 143 Å². The van der Waals surface area contributed by atoms with Gasteiger partial charge in [-0.25, -0.2) is 18.4 Å². The predicted molar refractivity (Wildman–Crippen MR) is 172 cm³/mol. The van der Waals surface area contributed by atoms with E-state index in [0.29, 0.717) is 39.5 Å². The average molecular weight is 715 g/mol. The monoisotopic (exact) mass is 714 g/mol. The highest BCUT2D eigenvalue weighted by atomic mass is 19.4. The molecular weight excluding hydrogens is 684 g/mol. The van der Waals surface area contributed by atoms with Gasteiger partial charge in [-0.1, -0.05) is 30.3 Å². The Kier molecular flexibility index (Phi) is 9.35. The van der Waals surface area contributed by atoms with E-state index in [2.05, 4.69) is 10.1 Å². The molecule has 0 aliphatic heterocycles. The first-order valence-corrected chi connectivity index (χ1v) is 15.6. The van der Waals surface area contributed by atoms with Gasteiger partial charge in [-0.05, 0) is 73.5 Å². The van der Waals surface area contributed by atoms with E-state index in [1.807, 2.05) is 0 Å². The number of nitrogens with zero attached hydrogens (tertiary/aromatic N) is 6. The molecule has 0 unspecified atom stereocenters.